The number of rotatable bonds is 5. The zero-order valence-corrected chi connectivity index (χ0v) is 15.1. The Kier molecular flexibility index (Phi) is 5.66. The number of hydrogen-bond acceptors (Lipinski definition) is 4. The minimum atomic E-state index is 0.0692. The van der Waals surface area contributed by atoms with Gasteiger partial charge in [0.15, 0.2) is 0 Å². The van der Waals surface area contributed by atoms with Crippen LogP contribution in [0.4, 0.5) is 0 Å². The van der Waals surface area contributed by atoms with Gasteiger partial charge < -0.3 is 9.64 Å². The van der Waals surface area contributed by atoms with E-state index in [-0.39, 0.29) is 11.9 Å². The second-order valence-electron chi connectivity index (χ2n) is 6.20. The lowest BCUT2D eigenvalue weighted by molar-refractivity contribution is 0.0341. The van der Waals surface area contributed by atoms with Gasteiger partial charge in [-0.1, -0.05) is 18.2 Å². The second kappa shape index (κ2) is 7.92. The lowest BCUT2D eigenvalue weighted by Gasteiger charge is -2.27. The molecule has 5 heteroatoms. The van der Waals surface area contributed by atoms with Gasteiger partial charge in [0, 0.05) is 37.1 Å². The van der Waals surface area contributed by atoms with Crippen LogP contribution in [0, 0.1) is 0 Å². The van der Waals surface area contributed by atoms with Crippen molar-refractivity contribution < 1.29 is 9.53 Å². The van der Waals surface area contributed by atoms with Gasteiger partial charge in [0.05, 0.1) is 19.3 Å². The van der Waals surface area contributed by atoms with Gasteiger partial charge in [0.25, 0.3) is 5.91 Å². The summed E-state index contributed by atoms with van der Waals surface area (Å²) in [6, 6.07) is 12.2. The highest BCUT2D eigenvalue weighted by molar-refractivity contribution is 7.10. The summed E-state index contributed by atoms with van der Waals surface area (Å²) in [6.45, 7) is 6.43. The van der Waals surface area contributed by atoms with Crippen LogP contribution < -0.4 is 0 Å². The number of benzene rings is 1. The molecule has 1 atom stereocenters. The average Bonchev–Trinajstić information content (AvgIpc) is 3.15. The Bertz CT molecular complexity index is 666. The van der Waals surface area contributed by atoms with Gasteiger partial charge in [-0.05, 0) is 36.1 Å². The molecule has 0 radical (unpaired) electrons. The van der Waals surface area contributed by atoms with Gasteiger partial charge in [0.1, 0.15) is 0 Å². The van der Waals surface area contributed by atoms with Crippen LogP contribution in [0.15, 0.2) is 41.8 Å². The van der Waals surface area contributed by atoms with E-state index < -0.39 is 0 Å². The maximum Gasteiger partial charge on any atom is 0.254 e. The first-order chi connectivity index (χ1) is 11.6. The number of carbonyl (C=O) groups excluding carboxylic acids is 1. The maximum atomic E-state index is 12.8. The molecule has 0 N–H and O–H groups in total. The molecular weight excluding hydrogens is 320 g/mol. The summed E-state index contributed by atoms with van der Waals surface area (Å²) in [6.07, 6.45) is 0. The zero-order valence-electron chi connectivity index (χ0n) is 14.3. The number of morpholine rings is 1. The molecule has 1 aromatic carbocycles. The molecule has 1 saturated heterocycles. The van der Waals surface area contributed by atoms with Crippen LogP contribution in [0.25, 0.3) is 0 Å². The summed E-state index contributed by atoms with van der Waals surface area (Å²) >= 11 is 1.69. The van der Waals surface area contributed by atoms with Gasteiger partial charge in [-0.3, -0.25) is 9.69 Å². The van der Waals surface area contributed by atoms with Crippen LogP contribution in [-0.4, -0.2) is 49.1 Å². The molecule has 0 bridgehead atoms. The highest BCUT2D eigenvalue weighted by Crippen LogP contribution is 2.25. The van der Waals surface area contributed by atoms with Gasteiger partial charge in [-0.15, -0.1) is 11.3 Å². The topological polar surface area (TPSA) is 32.8 Å². The number of amides is 1. The van der Waals surface area contributed by atoms with Crippen molar-refractivity contribution >= 4 is 17.2 Å². The van der Waals surface area contributed by atoms with E-state index in [1.54, 1.807) is 11.3 Å². The molecule has 24 heavy (non-hydrogen) atoms. The fourth-order valence-corrected chi connectivity index (χ4v) is 3.75. The fourth-order valence-electron chi connectivity index (χ4n) is 2.92. The van der Waals surface area contributed by atoms with E-state index in [1.165, 1.54) is 10.4 Å². The van der Waals surface area contributed by atoms with E-state index in [4.69, 9.17) is 4.74 Å². The predicted molar refractivity (Wildman–Crippen MR) is 97.4 cm³/mol. The van der Waals surface area contributed by atoms with Crippen molar-refractivity contribution in [2.75, 3.05) is 33.4 Å². The zero-order chi connectivity index (χ0) is 16.9. The minimum absolute atomic E-state index is 0.0692. The van der Waals surface area contributed by atoms with Crippen molar-refractivity contribution in [2.24, 2.45) is 0 Å². The van der Waals surface area contributed by atoms with E-state index in [1.807, 2.05) is 41.6 Å². The summed E-state index contributed by atoms with van der Waals surface area (Å²) in [7, 11) is 1.88. The number of thiophene rings is 1. The molecule has 128 valence electrons. The van der Waals surface area contributed by atoms with Crippen LogP contribution in [0.3, 0.4) is 0 Å². The molecule has 3 rings (SSSR count). The lowest BCUT2D eigenvalue weighted by atomic mass is 10.1. The SMILES string of the molecule is C[C@H](c1cccs1)N(C)C(=O)c1cccc(CN2CCOCC2)c1. The van der Waals surface area contributed by atoms with E-state index in [0.717, 1.165) is 38.4 Å². The van der Waals surface area contributed by atoms with E-state index in [9.17, 15) is 4.79 Å². The number of ether oxygens (including phenoxy) is 1. The largest absolute Gasteiger partial charge is 0.379 e. The van der Waals surface area contributed by atoms with Gasteiger partial charge in [0.2, 0.25) is 0 Å². The predicted octanol–water partition coefficient (Wildman–Crippen LogP) is 3.41. The summed E-state index contributed by atoms with van der Waals surface area (Å²) in [5, 5.41) is 2.05. The molecule has 1 amide bonds. The third-order valence-corrected chi connectivity index (χ3v) is 5.58. The van der Waals surface area contributed by atoms with Crippen LogP contribution >= 0.6 is 11.3 Å². The molecule has 1 aromatic heterocycles. The maximum absolute atomic E-state index is 12.8. The Hall–Kier alpha value is -1.69. The summed E-state index contributed by atoms with van der Waals surface area (Å²) in [5.74, 6) is 0.0692. The highest BCUT2D eigenvalue weighted by Gasteiger charge is 2.20. The number of nitrogens with zero attached hydrogens (tertiary/aromatic N) is 2. The van der Waals surface area contributed by atoms with Gasteiger partial charge in [-0.25, -0.2) is 0 Å². The first-order valence-corrected chi connectivity index (χ1v) is 9.22. The third-order valence-electron chi connectivity index (χ3n) is 4.54. The summed E-state index contributed by atoms with van der Waals surface area (Å²) in [5.41, 5.74) is 1.94. The van der Waals surface area contributed by atoms with Crippen molar-refractivity contribution in [3.63, 3.8) is 0 Å². The lowest BCUT2D eigenvalue weighted by Crippen LogP contribution is -2.35. The van der Waals surface area contributed by atoms with Crippen LogP contribution in [0.1, 0.15) is 33.8 Å². The third kappa shape index (κ3) is 4.04. The number of hydrogen-bond donors (Lipinski definition) is 0. The molecule has 0 aliphatic carbocycles. The van der Waals surface area contributed by atoms with Crippen molar-refractivity contribution in [3.05, 3.63) is 57.8 Å². The van der Waals surface area contributed by atoms with Crippen LogP contribution in [0.5, 0.6) is 0 Å². The van der Waals surface area contributed by atoms with Crippen molar-refractivity contribution in [3.8, 4) is 0 Å². The molecule has 0 spiro atoms. The number of carbonyl (C=O) groups is 1. The van der Waals surface area contributed by atoms with E-state index in [0.29, 0.717) is 0 Å². The molecule has 4 nitrogen and oxygen atoms in total. The highest BCUT2D eigenvalue weighted by atomic mass is 32.1. The normalized spacial score (nSPS) is 16.8. The van der Waals surface area contributed by atoms with E-state index >= 15 is 0 Å². The molecule has 1 aliphatic rings. The van der Waals surface area contributed by atoms with Crippen molar-refractivity contribution in [1.82, 2.24) is 9.80 Å². The van der Waals surface area contributed by atoms with Gasteiger partial charge >= 0.3 is 0 Å². The molecule has 1 aliphatic heterocycles. The first-order valence-electron chi connectivity index (χ1n) is 8.35. The minimum Gasteiger partial charge on any atom is -0.379 e. The quantitative estimate of drug-likeness (QED) is 0.833. The Labute approximate surface area is 147 Å². The summed E-state index contributed by atoms with van der Waals surface area (Å²) < 4.78 is 5.39. The Morgan fingerprint density at radius 1 is 1.29 bits per heavy atom. The van der Waals surface area contributed by atoms with Crippen LogP contribution in [0.2, 0.25) is 0 Å². The van der Waals surface area contributed by atoms with Crippen molar-refractivity contribution in [2.45, 2.75) is 19.5 Å². The first kappa shape index (κ1) is 17.1. The van der Waals surface area contributed by atoms with Crippen LogP contribution in [-0.2, 0) is 11.3 Å². The molecule has 2 heterocycles. The molecular formula is C19H24N2O2S. The monoisotopic (exact) mass is 344 g/mol. The van der Waals surface area contributed by atoms with Crippen molar-refractivity contribution in [1.29, 1.82) is 0 Å². The summed E-state index contributed by atoms with van der Waals surface area (Å²) in [4.78, 5) is 18.2. The van der Waals surface area contributed by atoms with E-state index in [2.05, 4.69) is 24.0 Å². The molecule has 1 fully saturated rings. The Morgan fingerprint density at radius 2 is 2.08 bits per heavy atom. The Morgan fingerprint density at radius 3 is 2.79 bits per heavy atom. The fraction of sp³-hybridized carbons (Fsp3) is 0.421. The molecule has 0 saturated carbocycles. The van der Waals surface area contributed by atoms with Gasteiger partial charge in [-0.2, -0.15) is 0 Å². The standard InChI is InChI=1S/C19H24N2O2S/c1-15(18-7-4-12-24-18)20(2)19(22)17-6-3-5-16(13-17)14-21-8-10-23-11-9-21/h3-7,12-13,15H,8-11,14H2,1-2H3/t15-/m1/s1. The average molecular weight is 344 g/mol. The smallest absolute Gasteiger partial charge is 0.254 e. The second-order valence-corrected chi connectivity index (χ2v) is 7.18. The molecule has 0 unspecified atom stereocenters. The Balaban J connectivity index is 1.69. The molecule has 2 aromatic rings.